The van der Waals surface area contributed by atoms with Crippen LogP contribution in [0.1, 0.15) is 81.9 Å². The minimum absolute atomic E-state index is 0.186. The Morgan fingerprint density at radius 3 is 2.58 bits per heavy atom. The van der Waals surface area contributed by atoms with Gasteiger partial charge < -0.3 is 15.2 Å². The zero-order valence-corrected chi connectivity index (χ0v) is 20.3. The van der Waals surface area contributed by atoms with Crippen LogP contribution in [0.4, 0.5) is 0 Å². The van der Waals surface area contributed by atoms with Gasteiger partial charge in [-0.1, -0.05) is 54.2 Å². The lowest BCUT2D eigenvalue weighted by atomic mass is 9.65. The molecule has 1 aliphatic carbocycles. The number of hydrogen-bond donors (Lipinski definition) is 3. The van der Waals surface area contributed by atoms with Crippen LogP contribution in [0.15, 0.2) is 22.7 Å². The molecule has 0 radical (unpaired) electrons. The largest absolute Gasteiger partial charge is 0.481 e. The molecule has 2 unspecified atom stereocenters. The maximum absolute atomic E-state index is 12.5. The number of carboxylic acids is 1. The average molecular weight is 494 g/mol. The van der Waals surface area contributed by atoms with Gasteiger partial charge in [0.05, 0.1) is 5.41 Å². The van der Waals surface area contributed by atoms with Crippen molar-refractivity contribution < 1.29 is 19.9 Å². The number of hydrogen-bond acceptors (Lipinski definition) is 4. The molecule has 172 valence electrons. The van der Waals surface area contributed by atoms with Gasteiger partial charge >= 0.3 is 13.1 Å². The second kappa shape index (κ2) is 11.3. The highest BCUT2D eigenvalue weighted by Gasteiger charge is 2.46. The van der Waals surface area contributed by atoms with Crippen LogP contribution >= 0.6 is 15.9 Å². The second-order valence-corrected chi connectivity index (χ2v) is 10.3. The molecule has 2 aliphatic rings. The Morgan fingerprint density at radius 2 is 1.94 bits per heavy atom. The van der Waals surface area contributed by atoms with E-state index in [0.717, 1.165) is 45.2 Å². The van der Waals surface area contributed by atoms with Crippen LogP contribution in [0, 0.1) is 11.3 Å². The minimum Gasteiger partial charge on any atom is -0.481 e. The van der Waals surface area contributed by atoms with E-state index >= 15 is 0 Å². The molecule has 0 bridgehead atoms. The van der Waals surface area contributed by atoms with Crippen molar-refractivity contribution in [2.24, 2.45) is 11.3 Å². The van der Waals surface area contributed by atoms with Gasteiger partial charge in [-0.15, -0.1) is 0 Å². The smallest absolute Gasteiger partial charge is 0.451 e. The summed E-state index contributed by atoms with van der Waals surface area (Å²) in [4.78, 5) is 15.1. The molecule has 1 aromatic rings. The number of unbranched alkanes of at least 4 members (excludes halogenated alkanes) is 1. The molecule has 31 heavy (non-hydrogen) atoms. The predicted molar refractivity (Wildman–Crippen MR) is 128 cm³/mol. The number of piperidine rings is 1. The molecule has 1 aromatic carbocycles. The maximum Gasteiger partial charge on any atom is 0.451 e. The molecule has 0 aromatic heterocycles. The molecule has 5 nitrogen and oxygen atoms in total. The third-order valence-corrected chi connectivity index (χ3v) is 8.37. The van der Waals surface area contributed by atoms with E-state index in [0.29, 0.717) is 31.6 Å². The molecule has 3 rings (SSSR count). The van der Waals surface area contributed by atoms with Gasteiger partial charge in [0, 0.05) is 10.5 Å². The van der Waals surface area contributed by atoms with Crippen molar-refractivity contribution in [3.8, 4) is 0 Å². The summed E-state index contributed by atoms with van der Waals surface area (Å²) in [6.45, 7) is 3.98. The molecule has 0 saturated carbocycles. The van der Waals surface area contributed by atoms with E-state index in [2.05, 4.69) is 46.0 Å². The minimum atomic E-state index is -1.30. The lowest BCUT2D eigenvalue weighted by molar-refractivity contribution is -0.156. The van der Waals surface area contributed by atoms with Gasteiger partial charge in [0.15, 0.2) is 0 Å². The summed E-state index contributed by atoms with van der Waals surface area (Å²) in [6.07, 6.45) is 9.25. The van der Waals surface area contributed by atoms with Crippen molar-refractivity contribution in [1.82, 2.24) is 4.90 Å². The van der Waals surface area contributed by atoms with Gasteiger partial charge in [0.1, 0.15) is 0 Å². The van der Waals surface area contributed by atoms with E-state index in [1.54, 1.807) is 0 Å². The van der Waals surface area contributed by atoms with Gasteiger partial charge in [-0.05, 0) is 87.5 Å². The summed E-state index contributed by atoms with van der Waals surface area (Å²) in [5.74, 6) is -0.477. The molecule has 0 amide bonds. The Morgan fingerprint density at radius 1 is 1.19 bits per heavy atom. The highest BCUT2D eigenvalue weighted by Crippen LogP contribution is 2.46. The van der Waals surface area contributed by atoms with Crippen molar-refractivity contribution in [2.75, 3.05) is 13.1 Å². The fourth-order valence-corrected chi connectivity index (χ4v) is 6.64. The number of carbonyl (C=O) groups is 1. The van der Waals surface area contributed by atoms with E-state index in [4.69, 9.17) is 10.0 Å². The summed E-state index contributed by atoms with van der Waals surface area (Å²) >= 11 is 3.73. The first-order chi connectivity index (χ1) is 14.9. The van der Waals surface area contributed by atoms with Crippen LogP contribution in [0.25, 0.3) is 0 Å². The van der Waals surface area contributed by atoms with Crippen LogP contribution in [0.2, 0.25) is 6.32 Å². The summed E-state index contributed by atoms with van der Waals surface area (Å²) < 4.78 is 1.21. The molecule has 7 heteroatoms. The summed E-state index contributed by atoms with van der Waals surface area (Å²) in [5, 5.41) is 28.5. The molecule has 1 saturated heterocycles. The Kier molecular flexibility index (Phi) is 9.03. The van der Waals surface area contributed by atoms with Crippen molar-refractivity contribution in [3.63, 3.8) is 0 Å². The number of fused-ring (bicyclic) bond motifs is 1. The van der Waals surface area contributed by atoms with Gasteiger partial charge in [0.2, 0.25) is 0 Å². The number of aliphatic carboxylic acids is 1. The average Bonchev–Trinajstić information content (AvgIpc) is 2.76. The number of halogens is 1. The molecular weight excluding hydrogens is 457 g/mol. The number of likely N-dealkylation sites (tertiary alicyclic amines) is 1. The molecule has 1 fully saturated rings. The van der Waals surface area contributed by atoms with Crippen molar-refractivity contribution in [3.05, 3.63) is 33.8 Å². The van der Waals surface area contributed by atoms with Crippen LogP contribution < -0.4 is 0 Å². The molecule has 2 atom stereocenters. The van der Waals surface area contributed by atoms with Crippen molar-refractivity contribution in [2.45, 2.75) is 83.5 Å². The highest BCUT2D eigenvalue weighted by atomic mass is 79.9. The van der Waals surface area contributed by atoms with Crippen molar-refractivity contribution in [1.29, 1.82) is 0 Å². The molecular formula is C24H37BBrNO4. The van der Waals surface area contributed by atoms with Gasteiger partial charge in [-0.25, -0.2) is 0 Å². The first-order valence-corrected chi connectivity index (χ1v) is 12.8. The van der Waals surface area contributed by atoms with Gasteiger partial charge in [-0.3, -0.25) is 9.69 Å². The van der Waals surface area contributed by atoms with E-state index in [1.165, 1.54) is 28.4 Å². The Bertz CT molecular complexity index is 738. The van der Waals surface area contributed by atoms with E-state index < -0.39 is 18.5 Å². The number of carboxylic acid groups (broad SMARTS) is 1. The Labute approximate surface area is 195 Å². The van der Waals surface area contributed by atoms with Crippen LogP contribution in [0.5, 0.6) is 0 Å². The van der Waals surface area contributed by atoms with Crippen molar-refractivity contribution >= 4 is 29.0 Å². The van der Waals surface area contributed by atoms with Crippen LogP contribution in [0.3, 0.4) is 0 Å². The first kappa shape index (κ1) is 24.8. The summed E-state index contributed by atoms with van der Waals surface area (Å²) in [6, 6.07) is 6.98. The fraction of sp³-hybridized carbons (Fsp3) is 0.708. The molecule has 1 heterocycles. The lowest BCUT2D eigenvalue weighted by Crippen LogP contribution is -2.46. The quantitative estimate of drug-likeness (QED) is 0.313. The van der Waals surface area contributed by atoms with E-state index in [1.807, 2.05) is 0 Å². The van der Waals surface area contributed by atoms with Crippen LogP contribution in [-0.2, 0) is 11.2 Å². The lowest BCUT2D eigenvalue weighted by Gasteiger charge is -2.45. The van der Waals surface area contributed by atoms with Gasteiger partial charge in [-0.2, -0.15) is 0 Å². The predicted octanol–water partition coefficient (Wildman–Crippen LogP) is 5.05. The number of nitrogens with zero attached hydrogens (tertiary/aromatic N) is 1. The SMILES string of the molecule is CCCC(CCCCB(O)O)(C(=O)O)C1CCN(C2CCCc3c(Br)cccc32)CC1. The molecule has 3 N–H and O–H groups in total. The highest BCUT2D eigenvalue weighted by molar-refractivity contribution is 9.10. The fourth-order valence-electron chi connectivity index (χ4n) is 6.06. The molecule has 0 spiro atoms. The van der Waals surface area contributed by atoms with Gasteiger partial charge in [0.25, 0.3) is 0 Å². The number of rotatable bonds is 10. The summed E-state index contributed by atoms with van der Waals surface area (Å²) in [5.41, 5.74) is 2.20. The Balaban J connectivity index is 1.68. The molecule has 1 aliphatic heterocycles. The maximum atomic E-state index is 12.5. The third-order valence-electron chi connectivity index (χ3n) is 7.63. The normalized spacial score (nSPS) is 22.0. The Hall–Kier alpha value is -0.885. The van der Waals surface area contributed by atoms with Crippen LogP contribution in [-0.4, -0.2) is 46.2 Å². The zero-order valence-electron chi connectivity index (χ0n) is 18.7. The standard InChI is InChI=1S/C24H37BBrNO4/c1-2-13-24(23(28)29,14-3-4-15-25(30)31)18-11-16-27(17-12-18)22-10-6-7-19-20(22)8-5-9-21(19)26/h5,8-9,18,22,30-31H,2-4,6-7,10-17H2,1H3,(H,28,29). The monoisotopic (exact) mass is 493 g/mol. The topological polar surface area (TPSA) is 81.0 Å². The van der Waals surface area contributed by atoms with E-state index in [-0.39, 0.29) is 5.92 Å². The zero-order chi connectivity index (χ0) is 22.4. The second-order valence-electron chi connectivity index (χ2n) is 9.46. The third kappa shape index (κ3) is 5.73. The number of benzene rings is 1. The van der Waals surface area contributed by atoms with E-state index in [9.17, 15) is 9.90 Å². The first-order valence-electron chi connectivity index (χ1n) is 12.0. The summed E-state index contributed by atoms with van der Waals surface area (Å²) in [7, 11) is -1.30.